The van der Waals surface area contributed by atoms with E-state index in [1.54, 1.807) is 12.1 Å². The molecule has 1 aliphatic heterocycles. The van der Waals surface area contributed by atoms with Gasteiger partial charge < -0.3 is 14.8 Å². The zero-order valence-electron chi connectivity index (χ0n) is 8.26. The van der Waals surface area contributed by atoms with Crippen LogP contribution in [0.3, 0.4) is 0 Å². The number of fused-ring (bicyclic) bond motifs is 1. The molecule has 0 spiro atoms. The summed E-state index contributed by atoms with van der Waals surface area (Å²) < 4.78 is 10.7. The fraction of sp³-hybridized carbons (Fsp3) is 0.300. The number of alkyl halides is 1. The first-order chi connectivity index (χ1) is 7.70. The van der Waals surface area contributed by atoms with Crippen LogP contribution in [0.15, 0.2) is 12.1 Å². The molecule has 0 aromatic heterocycles. The number of ether oxygens (including phenoxy) is 2. The van der Waals surface area contributed by atoms with Gasteiger partial charge in [-0.15, -0.1) is 11.6 Å². The monoisotopic (exact) mass is 261 g/mol. The van der Waals surface area contributed by atoms with Gasteiger partial charge in [-0.25, -0.2) is 0 Å². The maximum absolute atomic E-state index is 11.1. The van der Waals surface area contributed by atoms with E-state index in [0.29, 0.717) is 35.4 Å². The Morgan fingerprint density at radius 3 is 2.56 bits per heavy atom. The molecule has 6 heteroatoms. The van der Waals surface area contributed by atoms with Gasteiger partial charge in [0.1, 0.15) is 19.1 Å². The lowest BCUT2D eigenvalue weighted by Crippen LogP contribution is -2.17. The van der Waals surface area contributed by atoms with Crippen molar-refractivity contribution in [3.8, 4) is 11.5 Å². The van der Waals surface area contributed by atoms with Gasteiger partial charge in [-0.05, 0) is 0 Å². The van der Waals surface area contributed by atoms with Crippen LogP contribution in [-0.2, 0) is 4.79 Å². The molecular weight excluding hydrogens is 253 g/mol. The molecule has 1 heterocycles. The summed E-state index contributed by atoms with van der Waals surface area (Å²) in [7, 11) is 0. The molecule has 1 amide bonds. The van der Waals surface area contributed by atoms with Crippen molar-refractivity contribution in [1.29, 1.82) is 0 Å². The maximum Gasteiger partial charge on any atom is 0.239 e. The fourth-order valence-corrected chi connectivity index (χ4v) is 1.61. The molecule has 86 valence electrons. The summed E-state index contributed by atoms with van der Waals surface area (Å²) in [6.45, 7) is 0.980. The highest BCUT2D eigenvalue weighted by atomic mass is 35.5. The fourth-order valence-electron chi connectivity index (χ4n) is 1.34. The number of anilines is 1. The molecule has 2 rings (SSSR count). The average Bonchev–Trinajstić information content (AvgIpc) is 2.30. The number of carbonyl (C=O) groups excluding carboxylic acids is 1. The van der Waals surface area contributed by atoms with Crippen LogP contribution in [0.5, 0.6) is 11.5 Å². The van der Waals surface area contributed by atoms with E-state index in [1.807, 2.05) is 0 Å². The molecule has 0 aliphatic carbocycles. The minimum atomic E-state index is -0.319. The number of hydrogen-bond donors (Lipinski definition) is 1. The molecule has 0 radical (unpaired) electrons. The van der Waals surface area contributed by atoms with Gasteiger partial charge in [0, 0.05) is 12.1 Å². The second-order valence-corrected chi connectivity index (χ2v) is 3.83. The summed E-state index contributed by atoms with van der Waals surface area (Å²) in [5, 5.41) is 2.96. The van der Waals surface area contributed by atoms with Crippen molar-refractivity contribution in [3.63, 3.8) is 0 Å². The van der Waals surface area contributed by atoms with Crippen molar-refractivity contribution < 1.29 is 14.3 Å². The number of carbonyl (C=O) groups is 1. The van der Waals surface area contributed by atoms with Crippen LogP contribution < -0.4 is 14.8 Å². The molecular formula is C10H9Cl2NO3. The van der Waals surface area contributed by atoms with E-state index in [-0.39, 0.29) is 11.8 Å². The van der Waals surface area contributed by atoms with E-state index in [1.165, 1.54) is 0 Å². The molecule has 0 unspecified atom stereocenters. The lowest BCUT2D eigenvalue weighted by atomic mass is 10.2. The van der Waals surface area contributed by atoms with E-state index in [2.05, 4.69) is 5.32 Å². The summed E-state index contributed by atoms with van der Waals surface area (Å²) >= 11 is 11.4. The molecule has 0 saturated heterocycles. The van der Waals surface area contributed by atoms with Gasteiger partial charge in [-0.1, -0.05) is 11.6 Å². The predicted octanol–water partition coefficient (Wildman–Crippen LogP) is 2.29. The molecule has 0 saturated carbocycles. The van der Waals surface area contributed by atoms with Gasteiger partial charge in [-0.3, -0.25) is 4.79 Å². The highest BCUT2D eigenvalue weighted by molar-refractivity contribution is 6.35. The Labute approximate surface area is 102 Å². The van der Waals surface area contributed by atoms with Gasteiger partial charge in [-0.2, -0.15) is 0 Å². The molecule has 1 aromatic carbocycles. The van der Waals surface area contributed by atoms with Crippen LogP contribution >= 0.6 is 23.2 Å². The van der Waals surface area contributed by atoms with E-state index < -0.39 is 0 Å². The predicted molar refractivity (Wildman–Crippen MR) is 61.8 cm³/mol. The summed E-state index contributed by atoms with van der Waals surface area (Å²) in [5.74, 6) is 0.714. The summed E-state index contributed by atoms with van der Waals surface area (Å²) in [5.41, 5.74) is 0.469. The molecule has 16 heavy (non-hydrogen) atoms. The molecule has 0 fully saturated rings. The first kappa shape index (κ1) is 11.4. The van der Waals surface area contributed by atoms with Crippen LogP contribution in [-0.4, -0.2) is 25.0 Å². The second kappa shape index (κ2) is 4.80. The van der Waals surface area contributed by atoms with Crippen molar-refractivity contribution in [3.05, 3.63) is 17.2 Å². The van der Waals surface area contributed by atoms with Gasteiger partial charge in [0.2, 0.25) is 5.91 Å². The third kappa shape index (κ3) is 2.33. The third-order valence-corrected chi connectivity index (χ3v) is 2.58. The Hall–Kier alpha value is -1.13. The minimum Gasteiger partial charge on any atom is -0.486 e. The minimum absolute atomic E-state index is 0.120. The molecule has 1 aliphatic rings. The Balaban J connectivity index is 2.28. The zero-order chi connectivity index (χ0) is 11.5. The second-order valence-electron chi connectivity index (χ2n) is 3.16. The molecule has 1 aromatic rings. The van der Waals surface area contributed by atoms with E-state index in [4.69, 9.17) is 32.7 Å². The first-order valence-corrected chi connectivity index (χ1v) is 5.57. The number of hydrogen-bond acceptors (Lipinski definition) is 3. The molecule has 1 N–H and O–H groups in total. The van der Waals surface area contributed by atoms with Gasteiger partial charge in [0.05, 0.1) is 10.7 Å². The average molecular weight is 262 g/mol. The standard InChI is InChI=1S/C10H9Cl2NO3/c11-5-10(14)13-7-4-9-8(3-6(7)12)15-1-2-16-9/h3-4H,1-2,5H2,(H,13,14). The van der Waals surface area contributed by atoms with Crippen molar-refractivity contribution in [2.45, 2.75) is 0 Å². The number of benzene rings is 1. The zero-order valence-corrected chi connectivity index (χ0v) is 9.77. The lowest BCUT2D eigenvalue weighted by molar-refractivity contribution is -0.113. The van der Waals surface area contributed by atoms with Crippen LogP contribution in [0.2, 0.25) is 5.02 Å². The summed E-state index contributed by atoms with van der Waals surface area (Å²) in [4.78, 5) is 11.1. The molecule has 0 bridgehead atoms. The number of nitrogens with one attached hydrogen (secondary N) is 1. The smallest absolute Gasteiger partial charge is 0.239 e. The van der Waals surface area contributed by atoms with Gasteiger partial charge in [0.15, 0.2) is 11.5 Å². The Morgan fingerprint density at radius 1 is 1.31 bits per heavy atom. The molecule has 4 nitrogen and oxygen atoms in total. The van der Waals surface area contributed by atoms with E-state index in [0.717, 1.165) is 0 Å². The van der Waals surface area contributed by atoms with Crippen LogP contribution in [0.25, 0.3) is 0 Å². The van der Waals surface area contributed by atoms with Crippen LogP contribution in [0, 0.1) is 0 Å². The lowest BCUT2D eigenvalue weighted by Gasteiger charge is -2.19. The Kier molecular flexibility index (Phi) is 3.41. The van der Waals surface area contributed by atoms with E-state index in [9.17, 15) is 4.79 Å². The van der Waals surface area contributed by atoms with Crippen molar-refractivity contribution in [1.82, 2.24) is 0 Å². The van der Waals surface area contributed by atoms with Crippen molar-refractivity contribution in [2.24, 2.45) is 0 Å². The topological polar surface area (TPSA) is 47.6 Å². The third-order valence-electron chi connectivity index (χ3n) is 2.03. The van der Waals surface area contributed by atoms with Crippen LogP contribution in [0.1, 0.15) is 0 Å². The SMILES string of the molecule is O=C(CCl)Nc1cc2c(cc1Cl)OCCO2. The maximum atomic E-state index is 11.1. The molecule has 0 atom stereocenters. The van der Waals surface area contributed by atoms with Crippen LogP contribution in [0.4, 0.5) is 5.69 Å². The number of amides is 1. The Morgan fingerprint density at radius 2 is 1.94 bits per heavy atom. The number of rotatable bonds is 2. The first-order valence-electron chi connectivity index (χ1n) is 4.65. The Bertz CT molecular complexity index is 423. The largest absolute Gasteiger partial charge is 0.486 e. The summed E-state index contributed by atoms with van der Waals surface area (Å²) in [6.07, 6.45) is 0. The van der Waals surface area contributed by atoms with E-state index >= 15 is 0 Å². The van der Waals surface area contributed by atoms with Crippen molar-refractivity contribution >= 4 is 34.8 Å². The quantitative estimate of drug-likeness (QED) is 0.832. The summed E-state index contributed by atoms with van der Waals surface area (Å²) in [6, 6.07) is 3.24. The van der Waals surface area contributed by atoms with Crippen molar-refractivity contribution in [2.75, 3.05) is 24.4 Å². The highest BCUT2D eigenvalue weighted by Crippen LogP contribution is 2.37. The highest BCUT2D eigenvalue weighted by Gasteiger charge is 2.15. The number of halogens is 2. The van der Waals surface area contributed by atoms with Gasteiger partial charge in [0.25, 0.3) is 0 Å². The van der Waals surface area contributed by atoms with Gasteiger partial charge >= 0.3 is 0 Å². The normalized spacial score (nSPS) is 13.4.